The molecule has 1 aromatic heterocycles. The summed E-state index contributed by atoms with van der Waals surface area (Å²) in [5, 5.41) is 9.83. The quantitative estimate of drug-likeness (QED) is 0.789. The molecular formula is C19H16FNO4. The molecule has 0 unspecified atom stereocenters. The third kappa shape index (κ3) is 2.98. The fourth-order valence-electron chi connectivity index (χ4n) is 2.98. The van der Waals surface area contributed by atoms with Crippen LogP contribution in [0, 0.1) is 12.7 Å². The van der Waals surface area contributed by atoms with Gasteiger partial charge in [0.1, 0.15) is 11.6 Å². The van der Waals surface area contributed by atoms with Crippen molar-refractivity contribution in [1.29, 1.82) is 0 Å². The molecule has 1 heterocycles. The highest BCUT2D eigenvalue weighted by atomic mass is 19.1. The lowest BCUT2D eigenvalue weighted by atomic mass is 10.1. The van der Waals surface area contributed by atoms with E-state index in [9.17, 15) is 19.1 Å². The van der Waals surface area contributed by atoms with Gasteiger partial charge in [-0.3, -0.25) is 14.2 Å². The van der Waals surface area contributed by atoms with Crippen LogP contribution in [-0.4, -0.2) is 28.7 Å². The minimum Gasteiger partial charge on any atom is -0.497 e. The maximum Gasteiger partial charge on any atom is 0.307 e. The van der Waals surface area contributed by atoms with Crippen LogP contribution in [0.4, 0.5) is 4.39 Å². The Morgan fingerprint density at radius 3 is 2.60 bits per heavy atom. The van der Waals surface area contributed by atoms with Crippen molar-refractivity contribution < 1.29 is 23.8 Å². The van der Waals surface area contributed by atoms with Crippen molar-refractivity contribution in [2.75, 3.05) is 7.11 Å². The lowest BCUT2D eigenvalue weighted by Crippen LogP contribution is -2.14. The zero-order chi connectivity index (χ0) is 18.1. The first kappa shape index (κ1) is 16.7. The maximum atomic E-state index is 13.5. The molecule has 128 valence electrons. The molecule has 0 spiro atoms. The number of carbonyl (C=O) groups is 2. The minimum absolute atomic E-state index is 0.192. The van der Waals surface area contributed by atoms with Gasteiger partial charge in [0.2, 0.25) is 0 Å². The summed E-state index contributed by atoms with van der Waals surface area (Å²) >= 11 is 0. The maximum absolute atomic E-state index is 13.5. The largest absolute Gasteiger partial charge is 0.497 e. The number of ether oxygens (including phenoxy) is 1. The Labute approximate surface area is 143 Å². The molecule has 1 N–H and O–H groups in total. The summed E-state index contributed by atoms with van der Waals surface area (Å²) in [5.41, 5.74) is 1.80. The first-order valence-corrected chi connectivity index (χ1v) is 7.62. The summed E-state index contributed by atoms with van der Waals surface area (Å²) in [7, 11) is 1.51. The van der Waals surface area contributed by atoms with Crippen molar-refractivity contribution >= 4 is 22.8 Å². The zero-order valence-electron chi connectivity index (χ0n) is 13.7. The molecule has 6 heteroatoms. The SMILES string of the molecule is COc1ccc2c(c1)c(CC(=O)O)c(C)n2C(=O)c1cccc(F)c1. The molecule has 3 rings (SSSR count). The van der Waals surface area contributed by atoms with Gasteiger partial charge in [-0.05, 0) is 48.9 Å². The van der Waals surface area contributed by atoms with E-state index in [4.69, 9.17) is 4.74 Å². The first-order valence-electron chi connectivity index (χ1n) is 7.62. The fourth-order valence-corrected chi connectivity index (χ4v) is 2.98. The number of carbonyl (C=O) groups excluding carboxylic acids is 1. The number of aromatic nitrogens is 1. The number of halogens is 1. The molecule has 0 atom stereocenters. The van der Waals surface area contributed by atoms with Crippen LogP contribution in [0.1, 0.15) is 21.6 Å². The number of carboxylic acid groups (broad SMARTS) is 1. The Hall–Kier alpha value is -3.15. The Bertz CT molecular complexity index is 990. The van der Waals surface area contributed by atoms with Gasteiger partial charge in [-0.15, -0.1) is 0 Å². The monoisotopic (exact) mass is 341 g/mol. The molecule has 3 aromatic rings. The smallest absolute Gasteiger partial charge is 0.307 e. The second-order valence-electron chi connectivity index (χ2n) is 5.67. The van der Waals surface area contributed by atoms with Crippen molar-refractivity contribution in [3.63, 3.8) is 0 Å². The molecular weight excluding hydrogens is 325 g/mol. The Kier molecular flexibility index (Phi) is 4.27. The molecule has 0 saturated heterocycles. The predicted octanol–water partition coefficient (Wildman–Crippen LogP) is 3.41. The second-order valence-corrected chi connectivity index (χ2v) is 5.67. The Morgan fingerprint density at radius 1 is 1.20 bits per heavy atom. The third-order valence-electron chi connectivity index (χ3n) is 4.14. The van der Waals surface area contributed by atoms with Crippen molar-refractivity contribution in [3.8, 4) is 5.75 Å². The standard InChI is InChI=1S/C19H16FNO4/c1-11-15(10-18(22)23)16-9-14(25-2)6-7-17(16)21(11)19(24)12-4-3-5-13(20)8-12/h3-9H,10H2,1-2H3,(H,22,23). The van der Waals surface area contributed by atoms with E-state index in [1.54, 1.807) is 25.1 Å². The van der Waals surface area contributed by atoms with Gasteiger partial charge in [-0.2, -0.15) is 0 Å². The van der Waals surface area contributed by atoms with Crippen LogP contribution in [-0.2, 0) is 11.2 Å². The van der Waals surface area contributed by atoms with Gasteiger partial charge in [-0.25, -0.2) is 4.39 Å². The summed E-state index contributed by atoms with van der Waals surface area (Å²) in [4.78, 5) is 24.1. The summed E-state index contributed by atoms with van der Waals surface area (Å²) in [6, 6.07) is 10.5. The first-order chi connectivity index (χ1) is 11.9. The summed E-state index contributed by atoms with van der Waals surface area (Å²) in [6.45, 7) is 1.68. The van der Waals surface area contributed by atoms with Crippen LogP contribution < -0.4 is 4.74 Å². The molecule has 0 aliphatic carbocycles. The number of methoxy groups -OCH3 is 1. The van der Waals surface area contributed by atoms with Gasteiger partial charge >= 0.3 is 5.97 Å². The van der Waals surface area contributed by atoms with E-state index in [1.807, 2.05) is 0 Å². The van der Waals surface area contributed by atoms with Crippen LogP contribution in [0.5, 0.6) is 5.75 Å². The highest BCUT2D eigenvalue weighted by Crippen LogP contribution is 2.30. The van der Waals surface area contributed by atoms with Gasteiger partial charge in [0.15, 0.2) is 0 Å². The Balaban J connectivity index is 2.25. The van der Waals surface area contributed by atoms with Crippen molar-refractivity contribution in [2.45, 2.75) is 13.3 Å². The number of hydrogen-bond acceptors (Lipinski definition) is 3. The second kappa shape index (κ2) is 6.39. The van der Waals surface area contributed by atoms with E-state index in [0.717, 1.165) is 6.07 Å². The number of benzene rings is 2. The van der Waals surface area contributed by atoms with E-state index >= 15 is 0 Å². The molecule has 2 aromatic carbocycles. The van der Waals surface area contributed by atoms with Crippen LogP contribution in [0.2, 0.25) is 0 Å². The lowest BCUT2D eigenvalue weighted by molar-refractivity contribution is -0.136. The average Bonchev–Trinajstić information content (AvgIpc) is 2.85. The van der Waals surface area contributed by atoms with Crippen LogP contribution in [0.15, 0.2) is 42.5 Å². The molecule has 0 fully saturated rings. The molecule has 0 saturated carbocycles. The average molecular weight is 341 g/mol. The summed E-state index contributed by atoms with van der Waals surface area (Å²) < 4.78 is 20.1. The highest BCUT2D eigenvalue weighted by molar-refractivity contribution is 6.04. The van der Waals surface area contributed by atoms with E-state index in [1.165, 1.54) is 29.9 Å². The normalized spacial score (nSPS) is 10.8. The van der Waals surface area contributed by atoms with E-state index in [-0.39, 0.29) is 12.0 Å². The molecule has 25 heavy (non-hydrogen) atoms. The van der Waals surface area contributed by atoms with E-state index < -0.39 is 17.7 Å². The number of aliphatic carboxylic acids is 1. The zero-order valence-corrected chi connectivity index (χ0v) is 13.7. The summed E-state index contributed by atoms with van der Waals surface area (Å²) in [6.07, 6.45) is -0.223. The molecule has 5 nitrogen and oxygen atoms in total. The topological polar surface area (TPSA) is 68.5 Å². The van der Waals surface area contributed by atoms with Gasteiger partial charge in [0.25, 0.3) is 5.91 Å². The van der Waals surface area contributed by atoms with Crippen molar-refractivity contribution in [1.82, 2.24) is 4.57 Å². The summed E-state index contributed by atoms with van der Waals surface area (Å²) in [5.74, 6) is -1.35. The van der Waals surface area contributed by atoms with Crippen molar-refractivity contribution in [2.24, 2.45) is 0 Å². The van der Waals surface area contributed by atoms with Crippen LogP contribution in [0.25, 0.3) is 10.9 Å². The number of rotatable bonds is 4. The highest BCUT2D eigenvalue weighted by Gasteiger charge is 2.22. The van der Waals surface area contributed by atoms with Crippen LogP contribution >= 0.6 is 0 Å². The number of fused-ring (bicyclic) bond motifs is 1. The number of carboxylic acids is 1. The van der Waals surface area contributed by atoms with Gasteiger partial charge in [-0.1, -0.05) is 6.07 Å². The molecule has 0 amide bonds. The minimum atomic E-state index is -0.997. The predicted molar refractivity (Wildman–Crippen MR) is 90.7 cm³/mol. The fraction of sp³-hybridized carbons (Fsp3) is 0.158. The Morgan fingerprint density at radius 2 is 1.96 bits per heavy atom. The number of hydrogen-bond donors (Lipinski definition) is 1. The van der Waals surface area contributed by atoms with Gasteiger partial charge < -0.3 is 9.84 Å². The van der Waals surface area contributed by atoms with Crippen molar-refractivity contribution in [3.05, 3.63) is 65.1 Å². The van der Waals surface area contributed by atoms with Gasteiger partial charge in [0, 0.05) is 16.6 Å². The molecule has 0 aliphatic heterocycles. The number of nitrogens with zero attached hydrogens (tertiary/aromatic N) is 1. The van der Waals surface area contributed by atoms with E-state index in [2.05, 4.69) is 0 Å². The van der Waals surface area contributed by atoms with E-state index in [0.29, 0.717) is 27.9 Å². The molecule has 0 bridgehead atoms. The van der Waals surface area contributed by atoms with Gasteiger partial charge in [0.05, 0.1) is 19.0 Å². The van der Waals surface area contributed by atoms with Crippen LogP contribution in [0.3, 0.4) is 0 Å². The lowest BCUT2D eigenvalue weighted by Gasteiger charge is -2.08. The molecule has 0 aliphatic rings. The molecule has 0 radical (unpaired) electrons. The third-order valence-corrected chi connectivity index (χ3v) is 4.14.